The first-order valence-electron chi connectivity index (χ1n) is 6.57. The average Bonchev–Trinajstić information content (AvgIpc) is 2.50. The highest BCUT2D eigenvalue weighted by atomic mass is 16.5. The second-order valence-corrected chi connectivity index (χ2v) is 4.32. The summed E-state index contributed by atoms with van der Waals surface area (Å²) in [6, 6.07) is 5.18. The molecule has 0 aliphatic carbocycles. The van der Waals surface area contributed by atoms with Gasteiger partial charge in [-0.2, -0.15) is 0 Å². The van der Waals surface area contributed by atoms with Crippen molar-refractivity contribution in [2.45, 2.75) is 13.0 Å². The van der Waals surface area contributed by atoms with Gasteiger partial charge in [0.25, 0.3) is 5.91 Å². The van der Waals surface area contributed by atoms with E-state index in [1.165, 1.54) is 26.2 Å². The number of carbonyl (C=O) groups is 2. The molecule has 1 amide bonds. The van der Waals surface area contributed by atoms with Gasteiger partial charge in [0, 0.05) is 6.08 Å². The van der Waals surface area contributed by atoms with E-state index in [0.717, 1.165) is 0 Å². The molecule has 0 aliphatic heterocycles. The molecule has 0 aromatic heterocycles. The van der Waals surface area contributed by atoms with Crippen molar-refractivity contribution in [3.05, 3.63) is 42.5 Å². The Morgan fingerprint density at radius 2 is 2.09 bits per heavy atom. The van der Waals surface area contributed by atoms with Crippen molar-refractivity contribution in [3.8, 4) is 11.5 Å². The van der Waals surface area contributed by atoms with Crippen molar-refractivity contribution in [1.29, 1.82) is 0 Å². The van der Waals surface area contributed by atoms with E-state index in [9.17, 15) is 9.59 Å². The Hall–Kier alpha value is -2.76. The molecule has 6 nitrogen and oxygen atoms in total. The van der Waals surface area contributed by atoms with E-state index in [0.29, 0.717) is 23.7 Å². The molecule has 1 aromatic rings. The largest absolute Gasteiger partial charge is 0.493 e. The summed E-state index contributed by atoms with van der Waals surface area (Å²) in [5, 5.41) is 0. The molecule has 0 bridgehead atoms. The fourth-order valence-electron chi connectivity index (χ4n) is 1.49. The van der Waals surface area contributed by atoms with Gasteiger partial charge in [0.05, 0.1) is 7.11 Å². The fourth-order valence-corrected chi connectivity index (χ4v) is 1.49. The molecule has 1 rings (SSSR count). The standard InChI is InChI=1S/C16H19NO5/c1-4-9-21-13-7-5-12(10-14(13)20-3)6-8-15(18)22-11(2)16(17)19/h4-8,10-11H,1,9H2,2-3H3,(H2,17,19)/b8-6+/t11-/m1/s1. The Morgan fingerprint density at radius 3 is 2.68 bits per heavy atom. The first-order chi connectivity index (χ1) is 10.5. The molecule has 0 aliphatic rings. The van der Waals surface area contributed by atoms with E-state index in [2.05, 4.69) is 6.58 Å². The minimum Gasteiger partial charge on any atom is -0.493 e. The lowest BCUT2D eigenvalue weighted by Gasteiger charge is -2.10. The topological polar surface area (TPSA) is 87.9 Å². The Labute approximate surface area is 129 Å². The minimum absolute atomic E-state index is 0.364. The van der Waals surface area contributed by atoms with Gasteiger partial charge in [0.15, 0.2) is 17.6 Å². The highest BCUT2D eigenvalue weighted by Gasteiger charge is 2.12. The Morgan fingerprint density at radius 1 is 1.36 bits per heavy atom. The van der Waals surface area contributed by atoms with Crippen LogP contribution >= 0.6 is 0 Å². The Balaban J connectivity index is 2.76. The first kappa shape index (κ1) is 17.3. The first-order valence-corrected chi connectivity index (χ1v) is 6.57. The molecule has 22 heavy (non-hydrogen) atoms. The summed E-state index contributed by atoms with van der Waals surface area (Å²) < 4.78 is 15.4. The lowest BCUT2D eigenvalue weighted by molar-refractivity contribution is -0.148. The molecule has 1 atom stereocenters. The maximum absolute atomic E-state index is 11.5. The molecular formula is C16H19NO5. The minimum atomic E-state index is -0.971. The number of benzene rings is 1. The van der Waals surface area contributed by atoms with Crippen LogP contribution in [-0.4, -0.2) is 31.7 Å². The summed E-state index contributed by atoms with van der Waals surface area (Å²) in [6.07, 6.45) is 3.40. The van der Waals surface area contributed by atoms with Crippen LogP contribution in [0.1, 0.15) is 12.5 Å². The van der Waals surface area contributed by atoms with Gasteiger partial charge in [0.1, 0.15) is 6.61 Å². The normalized spacial score (nSPS) is 11.7. The summed E-state index contributed by atoms with van der Waals surface area (Å²) in [6.45, 7) is 5.34. The zero-order chi connectivity index (χ0) is 16.5. The fraction of sp³-hybridized carbons (Fsp3) is 0.250. The van der Waals surface area contributed by atoms with Crippen LogP contribution < -0.4 is 15.2 Å². The molecule has 0 radical (unpaired) electrons. The van der Waals surface area contributed by atoms with Crippen LogP contribution in [0.15, 0.2) is 36.9 Å². The molecule has 0 unspecified atom stereocenters. The monoisotopic (exact) mass is 305 g/mol. The molecule has 118 valence electrons. The summed E-state index contributed by atoms with van der Waals surface area (Å²) in [4.78, 5) is 22.3. The third kappa shape index (κ3) is 5.32. The van der Waals surface area contributed by atoms with Gasteiger partial charge in [-0.3, -0.25) is 4.79 Å². The highest BCUT2D eigenvalue weighted by molar-refractivity contribution is 5.90. The van der Waals surface area contributed by atoms with Crippen LogP contribution in [0.4, 0.5) is 0 Å². The highest BCUT2D eigenvalue weighted by Crippen LogP contribution is 2.28. The summed E-state index contributed by atoms with van der Waals surface area (Å²) in [5.74, 6) is -0.253. The number of ether oxygens (including phenoxy) is 3. The second-order valence-electron chi connectivity index (χ2n) is 4.32. The number of hydrogen-bond acceptors (Lipinski definition) is 5. The van der Waals surface area contributed by atoms with Crippen molar-refractivity contribution in [1.82, 2.24) is 0 Å². The third-order valence-electron chi connectivity index (χ3n) is 2.65. The van der Waals surface area contributed by atoms with E-state index in [1.807, 2.05) is 0 Å². The average molecular weight is 305 g/mol. The Kier molecular flexibility index (Phi) is 6.69. The quantitative estimate of drug-likeness (QED) is 0.448. The van der Waals surface area contributed by atoms with Gasteiger partial charge < -0.3 is 19.9 Å². The van der Waals surface area contributed by atoms with Crippen molar-refractivity contribution < 1.29 is 23.8 Å². The van der Waals surface area contributed by atoms with Gasteiger partial charge in [-0.15, -0.1) is 0 Å². The van der Waals surface area contributed by atoms with Gasteiger partial charge in [-0.1, -0.05) is 18.7 Å². The van der Waals surface area contributed by atoms with Gasteiger partial charge in [-0.25, -0.2) is 4.79 Å². The van der Waals surface area contributed by atoms with Crippen molar-refractivity contribution in [2.24, 2.45) is 5.73 Å². The summed E-state index contributed by atoms with van der Waals surface area (Å²) in [7, 11) is 1.52. The molecule has 2 N–H and O–H groups in total. The van der Waals surface area contributed by atoms with E-state index in [-0.39, 0.29) is 0 Å². The van der Waals surface area contributed by atoms with Gasteiger partial charge >= 0.3 is 5.97 Å². The van der Waals surface area contributed by atoms with E-state index in [4.69, 9.17) is 19.9 Å². The smallest absolute Gasteiger partial charge is 0.331 e. The van der Waals surface area contributed by atoms with E-state index >= 15 is 0 Å². The van der Waals surface area contributed by atoms with Crippen LogP contribution in [0.25, 0.3) is 6.08 Å². The van der Waals surface area contributed by atoms with E-state index in [1.54, 1.807) is 24.3 Å². The lowest BCUT2D eigenvalue weighted by Crippen LogP contribution is -2.29. The number of primary amides is 1. The summed E-state index contributed by atoms with van der Waals surface area (Å²) in [5.41, 5.74) is 5.72. The number of hydrogen-bond donors (Lipinski definition) is 1. The maximum atomic E-state index is 11.5. The number of carbonyl (C=O) groups excluding carboxylic acids is 2. The molecule has 1 aromatic carbocycles. The van der Waals surface area contributed by atoms with Crippen molar-refractivity contribution in [2.75, 3.05) is 13.7 Å². The second kappa shape index (κ2) is 8.51. The SMILES string of the molecule is C=CCOc1ccc(/C=C/C(=O)O[C@H](C)C(N)=O)cc1OC. The number of nitrogens with two attached hydrogens (primary N) is 1. The molecule has 0 fully saturated rings. The van der Waals surface area contributed by atoms with Gasteiger partial charge in [-0.05, 0) is 30.7 Å². The lowest BCUT2D eigenvalue weighted by atomic mass is 10.2. The molecular weight excluding hydrogens is 286 g/mol. The van der Waals surface area contributed by atoms with Crippen LogP contribution in [0, 0.1) is 0 Å². The number of esters is 1. The van der Waals surface area contributed by atoms with Crippen LogP contribution in [0.2, 0.25) is 0 Å². The summed E-state index contributed by atoms with van der Waals surface area (Å²) >= 11 is 0. The van der Waals surface area contributed by atoms with Crippen LogP contribution in [-0.2, 0) is 14.3 Å². The molecule has 0 saturated heterocycles. The molecule has 0 heterocycles. The van der Waals surface area contributed by atoms with Crippen molar-refractivity contribution >= 4 is 18.0 Å². The van der Waals surface area contributed by atoms with E-state index < -0.39 is 18.0 Å². The van der Waals surface area contributed by atoms with Crippen molar-refractivity contribution in [3.63, 3.8) is 0 Å². The number of amides is 1. The molecule has 0 spiro atoms. The molecule has 0 saturated carbocycles. The number of methoxy groups -OCH3 is 1. The van der Waals surface area contributed by atoms with Crippen LogP contribution in [0.5, 0.6) is 11.5 Å². The zero-order valence-electron chi connectivity index (χ0n) is 12.6. The predicted octanol–water partition coefficient (Wildman–Crippen LogP) is 1.69. The number of rotatable bonds is 8. The van der Waals surface area contributed by atoms with Gasteiger partial charge in [0.2, 0.25) is 0 Å². The Bertz CT molecular complexity index is 580. The predicted molar refractivity (Wildman–Crippen MR) is 82.5 cm³/mol. The third-order valence-corrected chi connectivity index (χ3v) is 2.65. The van der Waals surface area contributed by atoms with Crippen LogP contribution in [0.3, 0.4) is 0 Å². The molecule has 6 heteroatoms. The zero-order valence-corrected chi connectivity index (χ0v) is 12.6. The maximum Gasteiger partial charge on any atom is 0.331 e.